The molecule has 0 bridgehead atoms. The average molecular weight is 349 g/mol. The van der Waals surface area contributed by atoms with Crippen LogP contribution in [0.4, 0.5) is 0 Å². The van der Waals surface area contributed by atoms with Gasteiger partial charge in [0.1, 0.15) is 11.8 Å². The second-order valence-corrected chi connectivity index (χ2v) is 7.27. The molecule has 1 amide bonds. The van der Waals surface area contributed by atoms with E-state index in [1.807, 2.05) is 38.1 Å². The summed E-state index contributed by atoms with van der Waals surface area (Å²) in [6.45, 7) is 5.92. The predicted octanol–water partition coefficient (Wildman–Crippen LogP) is 3.16. The van der Waals surface area contributed by atoms with Crippen molar-refractivity contribution >= 4 is 33.3 Å². The molecule has 2 aromatic rings. The van der Waals surface area contributed by atoms with E-state index >= 15 is 0 Å². The Morgan fingerprint density at radius 1 is 1.21 bits per heavy atom. The van der Waals surface area contributed by atoms with Crippen LogP contribution in [-0.4, -0.2) is 31.6 Å². The molecule has 2 rings (SSSR count). The number of benzene rings is 1. The summed E-state index contributed by atoms with van der Waals surface area (Å²) in [5.74, 6) is 0.468. The molecule has 5 nitrogen and oxygen atoms in total. The van der Waals surface area contributed by atoms with Crippen LogP contribution < -0.4 is 10.1 Å². The molecule has 1 atom stereocenters. The molecule has 0 unspecified atom stereocenters. The monoisotopic (exact) mass is 349 g/mol. The summed E-state index contributed by atoms with van der Waals surface area (Å²) in [5, 5.41) is 3.76. The molecule has 0 aliphatic carbocycles. The minimum Gasteiger partial charge on any atom is -0.497 e. The molecule has 1 aromatic carbocycles. The van der Waals surface area contributed by atoms with Crippen molar-refractivity contribution in [1.29, 1.82) is 0 Å². The van der Waals surface area contributed by atoms with Gasteiger partial charge >= 0.3 is 5.97 Å². The number of rotatable bonds is 7. The summed E-state index contributed by atoms with van der Waals surface area (Å²) in [4.78, 5) is 24.9. The zero-order valence-corrected chi connectivity index (χ0v) is 15.2. The maximum Gasteiger partial charge on any atom is 0.328 e. The van der Waals surface area contributed by atoms with Gasteiger partial charge in [0.05, 0.1) is 20.1 Å². The Kier molecular flexibility index (Phi) is 6.20. The lowest BCUT2D eigenvalue weighted by atomic mass is 10.2. The fourth-order valence-electron chi connectivity index (χ4n) is 2.16. The van der Waals surface area contributed by atoms with Crippen molar-refractivity contribution in [3.63, 3.8) is 0 Å². The number of carbonyl (C=O) groups excluding carboxylic acids is 2. The van der Waals surface area contributed by atoms with Gasteiger partial charge < -0.3 is 14.8 Å². The zero-order chi connectivity index (χ0) is 17.7. The number of nitrogens with one attached hydrogen (secondary N) is 1. The Morgan fingerprint density at radius 3 is 2.62 bits per heavy atom. The first kappa shape index (κ1) is 18.3. The lowest BCUT2D eigenvalue weighted by Gasteiger charge is -2.14. The van der Waals surface area contributed by atoms with E-state index in [4.69, 9.17) is 9.47 Å². The smallest absolute Gasteiger partial charge is 0.328 e. The van der Waals surface area contributed by atoms with E-state index in [1.54, 1.807) is 25.4 Å². The summed E-state index contributed by atoms with van der Waals surface area (Å²) in [7, 11) is 1.63. The van der Waals surface area contributed by atoms with Gasteiger partial charge in [-0.2, -0.15) is 0 Å². The van der Waals surface area contributed by atoms with Crippen LogP contribution in [0.25, 0.3) is 10.1 Å². The maximum absolute atomic E-state index is 12.1. The van der Waals surface area contributed by atoms with Crippen molar-refractivity contribution in [2.75, 3.05) is 13.7 Å². The molecule has 1 N–H and O–H groups in total. The molecule has 0 aliphatic heterocycles. The number of thiophene rings is 1. The normalized spacial score (nSPS) is 12.2. The summed E-state index contributed by atoms with van der Waals surface area (Å²) < 4.78 is 11.4. The van der Waals surface area contributed by atoms with E-state index in [1.165, 1.54) is 0 Å². The summed E-state index contributed by atoms with van der Waals surface area (Å²) in [6.07, 6.45) is 0.240. The van der Waals surface area contributed by atoms with Gasteiger partial charge in [-0.05, 0) is 42.5 Å². The van der Waals surface area contributed by atoms with Gasteiger partial charge in [0, 0.05) is 9.58 Å². The third-order valence-corrected chi connectivity index (χ3v) is 4.50. The molecule has 0 saturated heterocycles. The lowest BCUT2D eigenvalue weighted by Crippen LogP contribution is -2.40. The summed E-state index contributed by atoms with van der Waals surface area (Å²) in [6, 6.07) is 7.16. The molecule has 24 heavy (non-hydrogen) atoms. The first-order valence-corrected chi connectivity index (χ1v) is 8.73. The van der Waals surface area contributed by atoms with Gasteiger partial charge in [0.2, 0.25) is 5.91 Å². The Balaban J connectivity index is 1.93. The number of hydrogen-bond acceptors (Lipinski definition) is 5. The SMILES string of the molecule is COc1ccc2cc(CC(=O)N[C@@H](C)C(=O)OCC(C)C)sc2c1. The summed E-state index contributed by atoms with van der Waals surface area (Å²) >= 11 is 1.55. The number of hydrogen-bond donors (Lipinski definition) is 1. The van der Waals surface area contributed by atoms with Crippen LogP contribution in [0.1, 0.15) is 25.6 Å². The number of ether oxygens (including phenoxy) is 2. The number of fused-ring (bicyclic) bond motifs is 1. The van der Waals surface area contributed by atoms with E-state index < -0.39 is 12.0 Å². The van der Waals surface area contributed by atoms with Crippen LogP contribution in [0, 0.1) is 5.92 Å². The van der Waals surface area contributed by atoms with Gasteiger partial charge in [-0.25, -0.2) is 4.79 Å². The van der Waals surface area contributed by atoms with Gasteiger partial charge in [0.15, 0.2) is 0 Å². The lowest BCUT2D eigenvalue weighted by molar-refractivity contribution is -0.148. The quantitative estimate of drug-likeness (QED) is 0.780. The first-order valence-electron chi connectivity index (χ1n) is 7.91. The topological polar surface area (TPSA) is 64.6 Å². The minimum absolute atomic E-state index is 0.192. The van der Waals surface area contributed by atoms with Crippen LogP contribution in [-0.2, 0) is 20.7 Å². The van der Waals surface area contributed by atoms with Crippen LogP contribution in [0.5, 0.6) is 5.75 Å². The summed E-state index contributed by atoms with van der Waals surface area (Å²) in [5.41, 5.74) is 0. The van der Waals surface area contributed by atoms with Crippen molar-refractivity contribution in [3.05, 3.63) is 29.1 Å². The largest absolute Gasteiger partial charge is 0.497 e. The Hall–Kier alpha value is -2.08. The molecule has 0 radical (unpaired) electrons. The van der Waals surface area contributed by atoms with Crippen LogP contribution in [0.3, 0.4) is 0 Å². The average Bonchev–Trinajstić information content (AvgIpc) is 2.92. The molecule has 1 heterocycles. The van der Waals surface area contributed by atoms with E-state index in [2.05, 4.69) is 5.32 Å². The maximum atomic E-state index is 12.1. The molecule has 0 saturated carbocycles. The highest BCUT2D eigenvalue weighted by atomic mass is 32.1. The fourth-order valence-corrected chi connectivity index (χ4v) is 3.26. The number of esters is 1. The number of amides is 1. The standard InChI is InChI=1S/C18H23NO4S/c1-11(2)10-23-18(21)12(3)19-17(20)9-15-7-13-5-6-14(22-4)8-16(13)24-15/h5-8,11-12H,9-10H2,1-4H3,(H,19,20)/t12-/m0/s1. The van der Waals surface area contributed by atoms with Gasteiger partial charge in [-0.15, -0.1) is 11.3 Å². The molecule has 1 aromatic heterocycles. The molecule has 0 aliphatic rings. The fraction of sp³-hybridized carbons (Fsp3) is 0.444. The number of methoxy groups -OCH3 is 1. The highest BCUT2D eigenvalue weighted by Crippen LogP contribution is 2.29. The molecular weight excluding hydrogens is 326 g/mol. The second-order valence-electron chi connectivity index (χ2n) is 6.11. The Bertz CT molecular complexity index is 723. The Morgan fingerprint density at radius 2 is 1.96 bits per heavy atom. The predicted molar refractivity (Wildman–Crippen MR) is 95.5 cm³/mol. The zero-order valence-electron chi connectivity index (χ0n) is 14.4. The van der Waals surface area contributed by atoms with Gasteiger partial charge in [0.25, 0.3) is 0 Å². The minimum atomic E-state index is -0.647. The number of carbonyl (C=O) groups is 2. The molecule has 0 spiro atoms. The third-order valence-electron chi connectivity index (χ3n) is 3.40. The van der Waals surface area contributed by atoms with Crippen molar-refractivity contribution in [2.45, 2.75) is 33.2 Å². The first-order chi connectivity index (χ1) is 11.4. The van der Waals surface area contributed by atoms with Gasteiger partial charge in [-0.3, -0.25) is 4.79 Å². The molecule has 0 fully saturated rings. The van der Waals surface area contributed by atoms with Crippen molar-refractivity contribution in [1.82, 2.24) is 5.32 Å². The van der Waals surface area contributed by atoms with Gasteiger partial charge in [-0.1, -0.05) is 13.8 Å². The molecule has 130 valence electrons. The van der Waals surface area contributed by atoms with Crippen molar-refractivity contribution < 1.29 is 19.1 Å². The Labute approximate surface area is 146 Å². The van der Waals surface area contributed by atoms with Crippen LogP contribution in [0.2, 0.25) is 0 Å². The third kappa shape index (κ3) is 4.96. The van der Waals surface area contributed by atoms with Crippen LogP contribution in [0.15, 0.2) is 24.3 Å². The van der Waals surface area contributed by atoms with Crippen molar-refractivity contribution in [2.24, 2.45) is 5.92 Å². The highest BCUT2D eigenvalue weighted by Gasteiger charge is 2.18. The van der Waals surface area contributed by atoms with E-state index in [-0.39, 0.29) is 18.2 Å². The highest BCUT2D eigenvalue weighted by molar-refractivity contribution is 7.19. The van der Waals surface area contributed by atoms with Crippen molar-refractivity contribution in [3.8, 4) is 5.75 Å². The second kappa shape index (κ2) is 8.15. The van der Waals surface area contributed by atoms with E-state index in [9.17, 15) is 9.59 Å². The van der Waals surface area contributed by atoms with E-state index in [0.29, 0.717) is 6.61 Å². The molecule has 6 heteroatoms. The van der Waals surface area contributed by atoms with Crippen LogP contribution >= 0.6 is 11.3 Å². The molecular formula is C18H23NO4S. The van der Waals surface area contributed by atoms with E-state index in [0.717, 1.165) is 20.7 Å².